The van der Waals surface area contributed by atoms with Gasteiger partial charge in [-0.05, 0) is 12.8 Å². The number of aliphatic hydroxyl groups excluding tert-OH is 1. The summed E-state index contributed by atoms with van der Waals surface area (Å²) in [7, 11) is 0. The quantitative estimate of drug-likeness (QED) is 0.863. The third-order valence-electron chi connectivity index (χ3n) is 3.58. The van der Waals surface area contributed by atoms with Crippen LogP contribution in [-0.2, 0) is 10.2 Å². The number of aliphatic hydroxyl groups is 1. The molecule has 0 aromatic carbocycles. The highest BCUT2D eigenvalue weighted by molar-refractivity contribution is 5.93. The van der Waals surface area contributed by atoms with E-state index in [1.165, 1.54) is 0 Å². The van der Waals surface area contributed by atoms with Crippen molar-refractivity contribution in [1.82, 2.24) is 5.16 Å². The molecular weight excluding hydrogens is 232 g/mol. The Morgan fingerprint density at radius 2 is 2.22 bits per heavy atom. The smallest absolute Gasteiger partial charge is 0.232 e. The minimum Gasteiger partial charge on any atom is -0.395 e. The van der Waals surface area contributed by atoms with Gasteiger partial charge in [-0.3, -0.25) is 10.1 Å². The van der Waals surface area contributed by atoms with Crippen molar-refractivity contribution in [3.05, 3.63) is 11.8 Å². The number of nitrogens with one attached hydrogen (secondary N) is 1. The van der Waals surface area contributed by atoms with Crippen LogP contribution >= 0.6 is 0 Å². The Kier molecular flexibility index (Phi) is 3.19. The molecule has 0 atom stereocenters. The Morgan fingerprint density at radius 3 is 2.67 bits per heavy atom. The lowest BCUT2D eigenvalue weighted by molar-refractivity contribution is -0.123. The Balaban J connectivity index is 2.09. The van der Waals surface area contributed by atoms with Gasteiger partial charge in [0.05, 0.1) is 12.3 Å². The molecule has 1 aromatic heterocycles. The topological polar surface area (TPSA) is 75.4 Å². The molecule has 0 unspecified atom stereocenters. The van der Waals surface area contributed by atoms with E-state index in [0.29, 0.717) is 5.88 Å². The molecule has 1 aliphatic carbocycles. The van der Waals surface area contributed by atoms with Crippen LogP contribution in [0.5, 0.6) is 0 Å². The summed E-state index contributed by atoms with van der Waals surface area (Å²) in [6, 6.07) is 1.72. The number of rotatable bonds is 3. The molecule has 1 aromatic rings. The number of anilines is 1. The summed E-state index contributed by atoms with van der Waals surface area (Å²) in [6.07, 6.45) is 2.93. The predicted molar refractivity (Wildman–Crippen MR) is 67.2 cm³/mol. The molecule has 0 radical (unpaired) electrons. The second-order valence-electron chi connectivity index (χ2n) is 6.07. The number of carbonyl (C=O) groups excluding carboxylic acids is 1. The second kappa shape index (κ2) is 4.39. The van der Waals surface area contributed by atoms with Crippen molar-refractivity contribution in [3.63, 3.8) is 0 Å². The van der Waals surface area contributed by atoms with E-state index < -0.39 is 5.41 Å². The Morgan fingerprint density at radius 1 is 1.56 bits per heavy atom. The zero-order valence-electron chi connectivity index (χ0n) is 11.1. The van der Waals surface area contributed by atoms with E-state index in [2.05, 4.69) is 10.5 Å². The van der Waals surface area contributed by atoms with Crippen LogP contribution < -0.4 is 5.32 Å². The van der Waals surface area contributed by atoms with Crippen LogP contribution in [0, 0.1) is 5.41 Å². The second-order valence-corrected chi connectivity index (χ2v) is 6.07. The van der Waals surface area contributed by atoms with Crippen molar-refractivity contribution >= 4 is 11.8 Å². The minimum atomic E-state index is -0.474. The van der Waals surface area contributed by atoms with Crippen LogP contribution in [0.15, 0.2) is 10.6 Å². The summed E-state index contributed by atoms with van der Waals surface area (Å²) in [5.74, 6) is 0.238. The van der Waals surface area contributed by atoms with Gasteiger partial charge >= 0.3 is 0 Å². The van der Waals surface area contributed by atoms with Crippen LogP contribution in [0.3, 0.4) is 0 Å². The molecule has 0 aliphatic heterocycles. The molecule has 2 N–H and O–H groups in total. The molecule has 0 spiro atoms. The van der Waals surface area contributed by atoms with Gasteiger partial charge in [0.2, 0.25) is 11.8 Å². The fourth-order valence-corrected chi connectivity index (χ4v) is 1.98. The minimum absolute atomic E-state index is 0.0756. The predicted octanol–water partition coefficient (Wildman–Crippen LogP) is 2.07. The Bertz CT molecular complexity index is 436. The van der Waals surface area contributed by atoms with Crippen LogP contribution in [0.2, 0.25) is 0 Å². The molecule has 1 heterocycles. The molecule has 5 nitrogen and oxygen atoms in total. The van der Waals surface area contributed by atoms with Crippen molar-refractivity contribution < 1.29 is 14.4 Å². The van der Waals surface area contributed by atoms with Gasteiger partial charge in [0.25, 0.3) is 0 Å². The lowest BCUT2D eigenvalue weighted by atomic mass is 9.67. The Hall–Kier alpha value is -1.36. The highest BCUT2D eigenvalue weighted by Gasteiger charge is 2.41. The molecule has 100 valence electrons. The van der Waals surface area contributed by atoms with Crippen LogP contribution in [0.25, 0.3) is 0 Å². The van der Waals surface area contributed by atoms with Gasteiger partial charge in [-0.2, -0.15) is 0 Å². The molecule has 1 aliphatic rings. The van der Waals surface area contributed by atoms with Crippen LogP contribution in [0.4, 0.5) is 5.88 Å². The van der Waals surface area contributed by atoms with E-state index in [4.69, 9.17) is 4.52 Å². The van der Waals surface area contributed by atoms with Crippen LogP contribution in [0.1, 0.15) is 45.7 Å². The normalized spacial score (nSPS) is 18.2. The van der Waals surface area contributed by atoms with E-state index in [-0.39, 0.29) is 17.9 Å². The number of amides is 1. The summed E-state index contributed by atoms with van der Waals surface area (Å²) in [6.45, 7) is 5.58. The van der Waals surface area contributed by atoms with Gasteiger partial charge < -0.3 is 9.63 Å². The molecule has 1 saturated carbocycles. The molecule has 18 heavy (non-hydrogen) atoms. The molecule has 0 saturated heterocycles. The molecular formula is C13H20N2O3. The number of carbonyl (C=O) groups is 1. The van der Waals surface area contributed by atoms with Crippen molar-refractivity contribution in [1.29, 1.82) is 0 Å². The number of hydrogen-bond donors (Lipinski definition) is 2. The van der Waals surface area contributed by atoms with Crippen molar-refractivity contribution in [2.75, 3.05) is 11.9 Å². The lowest BCUT2D eigenvalue weighted by Crippen LogP contribution is -2.38. The maximum atomic E-state index is 11.8. The number of nitrogens with zero attached hydrogens (tertiary/aromatic N) is 1. The first-order valence-electron chi connectivity index (χ1n) is 6.27. The SMILES string of the molecule is CC(C)(C)C(=O)Nc1cc(C2(CO)CCC2)no1. The summed E-state index contributed by atoms with van der Waals surface area (Å²) in [5, 5.41) is 16.1. The third kappa shape index (κ3) is 2.27. The lowest BCUT2D eigenvalue weighted by Gasteiger charge is -2.38. The molecule has 1 fully saturated rings. The van der Waals surface area contributed by atoms with E-state index in [0.717, 1.165) is 25.0 Å². The first-order chi connectivity index (χ1) is 8.37. The molecule has 1 amide bonds. The maximum Gasteiger partial charge on any atom is 0.232 e. The zero-order valence-corrected chi connectivity index (χ0v) is 11.1. The third-order valence-corrected chi connectivity index (χ3v) is 3.58. The molecule has 2 rings (SSSR count). The Labute approximate surface area is 107 Å². The highest BCUT2D eigenvalue weighted by Crippen LogP contribution is 2.43. The summed E-state index contributed by atoms with van der Waals surface area (Å²) < 4.78 is 5.12. The van der Waals surface area contributed by atoms with E-state index >= 15 is 0 Å². The fourth-order valence-electron chi connectivity index (χ4n) is 1.98. The van der Waals surface area contributed by atoms with Crippen molar-refractivity contribution in [2.45, 2.75) is 45.4 Å². The standard InChI is InChI=1S/C13H20N2O3/c1-12(2,3)11(17)14-10-7-9(15-18-10)13(8-16)5-4-6-13/h7,16H,4-6,8H2,1-3H3,(H,14,17). The van der Waals surface area contributed by atoms with E-state index in [1.807, 2.05) is 20.8 Å². The van der Waals surface area contributed by atoms with Crippen LogP contribution in [-0.4, -0.2) is 22.8 Å². The van der Waals surface area contributed by atoms with Gasteiger partial charge in [-0.25, -0.2) is 0 Å². The van der Waals surface area contributed by atoms with Gasteiger partial charge in [0.15, 0.2) is 0 Å². The van der Waals surface area contributed by atoms with E-state index in [1.54, 1.807) is 6.07 Å². The maximum absolute atomic E-state index is 11.8. The van der Waals surface area contributed by atoms with Gasteiger partial charge in [0.1, 0.15) is 0 Å². The fraction of sp³-hybridized carbons (Fsp3) is 0.692. The first kappa shape index (κ1) is 13.1. The van der Waals surface area contributed by atoms with Gasteiger partial charge in [-0.15, -0.1) is 0 Å². The summed E-state index contributed by atoms with van der Waals surface area (Å²) in [5.41, 5.74) is 0.00667. The average molecular weight is 252 g/mol. The molecule has 5 heteroatoms. The zero-order chi connectivity index (χ0) is 13.4. The monoisotopic (exact) mass is 252 g/mol. The largest absolute Gasteiger partial charge is 0.395 e. The number of hydrogen-bond acceptors (Lipinski definition) is 4. The van der Waals surface area contributed by atoms with Gasteiger partial charge in [-0.1, -0.05) is 32.3 Å². The average Bonchev–Trinajstić information content (AvgIpc) is 2.64. The summed E-state index contributed by atoms with van der Waals surface area (Å²) in [4.78, 5) is 11.8. The molecule has 0 bridgehead atoms. The van der Waals surface area contributed by atoms with Crippen molar-refractivity contribution in [2.24, 2.45) is 5.41 Å². The first-order valence-corrected chi connectivity index (χ1v) is 6.27. The van der Waals surface area contributed by atoms with E-state index in [9.17, 15) is 9.90 Å². The highest BCUT2D eigenvalue weighted by atomic mass is 16.5. The summed E-state index contributed by atoms with van der Waals surface area (Å²) >= 11 is 0. The van der Waals surface area contributed by atoms with Crippen molar-refractivity contribution in [3.8, 4) is 0 Å². The van der Waals surface area contributed by atoms with Gasteiger partial charge in [0, 0.05) is 16.9 Å². The number of aromatic nitrogens is 1.